The minimum atomic E-state index is -0.769. The molecule has 2 aromatic rings. The molecule has 9 nitrogen and oxygen atoms in total. The zero-order chi connectivity index (χ0) is 15.6. The molecular weight excluding hydrogens is 276 g/mol. The summed E-state index contributed by atoms with van der Waals surface area (Å²) in [5, 5.41) is 32.0. The highest BCUT2D eigenvalue weighted by Gasteiger charge is 2.21. The Morgan fingerprint density at radius 2 is 2.10 bits per heavy atom. The van der Waals surface area contributed by atoms with Crippen molar-refractivity contribution in [2.45, 2.75) is 0 Å². The van der Waals surface area contributed by atoms with Crippen molar-refractivity contribution in [3.05, 3.63) is 51.2 Å². The van der Waals surface area contributed by atoms with Crippen molar-refractivity contribution >= 4 is 17.4 Å². The van der Waals surface area contributed by atoms with Crippen LogP contribution >= 0.6 is 0 Å². The Hall–Kier alpha value is -3.72. The van der Waals surface area contributed by atoms with E-state index in [0.717, 1.165) is 6.07 Å². The number of rotatable bonds is 2. The zero-order valence-electron chi connectivity index (χ0n) is 10.3. The summed E-state index contributed by atoms with van der Waals surface area (Å²) in [6.07, 6.45) is 0. The molecule has 0 saturated heterocycles. The van der Waals surface area contributed by atoms with Gasteiger partial charge in [-0.05, 0) is 6.07 Å². The van der Waals surface area contributed by atoms with E-state index in [-0.39, 0.29) is 28.3 Å². The average molecular weight is 282 g/mol. The van der Waals surface area contributed by atoms with E-state index in [2.05, 4.69) is 5.10 Å². The van der Waals surface area contributed by atoms with Gasteiger partial charge in [-0.15, -0.1) is 0 Å². The van der Waals surface area contributed by atoms with Crippen LogP contribution in [-0.4, -0.2) is 20.6 Å². The number of aromatic nitrogens is 2. The van der Waals surface area contributed by atoms with Gasteiger partial charge in [-0.25, -0.2) is 0 Å². The maximum Gasteiger partial charge on any atom is 0.280 e. The van der Waals surface area contributed by atoms with Crippen LogP contribution in [0, 0.1) is 32.8 Å². The maximum atomic E-state index is 12.2. The summed E-state index contributed by atoms with van der Waals surface area (Å²) in [4.78, 5) is 22.3. The highest BCUT2D eigenvalue weighted by Crippen LogP contribution is 2.19. The molecule has 2 rings (SSSR count). The molecular formula is C12H6N6O3. The van der Waals surface area contributed by atoms with Crippen LogP contribution in [0.1, 0.15) is 21.6 Å². The van der Waals surface area contributed by atoms with E-state index in [1.54, 1.807) is 12.1 Å². The molecule has 2 N–H and O–H groups in total. The Bertz CT molecular complexity index is 840. The number of hydrogen-bond donors (Lipinski definition) is 1. The van der Waals surface area contributed by atoms with Gasteiger partial charge in [-0.1, -0.05) is 6.07 Å². The second kappa shape index (κ2) is 5.11. The highest BCUT2D eigenvalue weighted by molar-refractivity contribution is 5.98. The lowest BCUT2D eigenvalue weighted by molar-refractivity contribution is -0.384. The van der Waals surface area contributed by atoms with Crippen molar-refractivity contribution in [3.8, 4) is 12.1 Å². The van der Waals surface area contributed by atoms with Crippen molar-refractivity contribution < 1.29 is 9.72 Å². The molecule has 0 saturated carbocycles. The van der Waals surface area contributed by atoms with Crippen LogP contribution in [0.25, 0.3) is 0 Å². The molecule has 1 aromatic carbocycles. The van der Waals surface area contributed by atoms with Crippen LogP contribution in [0.2, 0.25) is 0 Å². The van der Waals surface area contributed by atoms with E-state index in [1.165, 1.54) is 18.2 Å². The lowest BCUT2D eigenvalue weighted by Gasteiger charge is -2.02. The number of nitrogens with zero attached hydrogens (tertiary/aromatic N) is 5. The second-order valence-electron chi connectivity index (χ2n) is 3.86. The van der Waals surface area contributed by atoms with Crippen LogP contribution in [0.3, 0.4) is 0 Å². The fourth-order valence-electron chi connectivity index (χ4n) is 1.65. The Kier molecular flexibility index (Phi) is 3.33. The predicted octanol–water partition coefficient (Wildman–Crippen LogP) is 0.805. The van der Waals surface area contributed by atoms with Crippen molar-refractivity contribution in [1.29, 1.82) is 10.5 Å². The molecule has 102 valence electrons. The Morgan fingerprint density at radius 1 is 1.38 bits per heavy atom. The first-order valence-corrected chi connectivity index (χ1v) is 5.47. The summed E-state index contributed by atoms with van der Waals surface area (Å²) in [7, 11) is 0. The second-order valence-corrected chi connectivity index (χ2v) is 3.86. The van der Waals surface area contributed by atoms with Gasteiger partial charge in [0.15, 0.2) is 5.69 Å². The topological polar surface area (TPSA) is 152 Å². The molecule has 1 aromatic heterocycles. The normalized spacial score (nSPS) is 9.62. The third-order valence-corrected chi connectivity index (χ3v) is 2.64. The van der Waals surface area contributed by atoms with Gasteiger partial charge in [-0.3, -0.25) is 14.9 Å². The van der Waals surface area contributed by atoms with Crippen molar-refractivity contribution in [1.82, 2.24) is 9.78 Å². The van der Waals surface area contributed by atoms with Crippen LogP contribution in [0.5, 0.6) is 0 Å². The maximum absolute atomic E-state index is 12.2. The summed E-state index contributed by atoms with van der Waals surface area (Å²) in [5.41, 5.74) is 4.80. The molecule has 0 bridgehead atoms. The fraction of sp³-hybridized carbons (Fsp3) is 0. The lowest BCUT2D eigenvalue weighted by Crippen LogP contribution is -2.16. The van der Waals surface area contributed by atoms with Gasteiger partial charge in [0.2, 0.25) is 0 Å². The molecule has 21 heavy (non-hydrogen) atoms. The number of nitriles is 2. The number of carbonyl (C=O) groups is 1. The first kappa shape index (κ1) is 13.7. The van der Waals surface area contributed by atoms with E-state index in [9.17, 15) is 14.9 Å². The predicted molar refractivity (Wildman–Crippen MR) is 68.9 cm³/mol. The molecule has 0 fully saturated rings. The van der Waals surface area contributed by atoms with Gasteiger partial charge >= 0.3 is 0 Å². The molecule has 0 amide bonds. The molecule has 1 heterocycles. The monoisotopic (exact) mass is 282 g/mol. The molecule has 0 radical (unpaired) electrons. The molecule has 0 spiro atoms. The molecule has 0 aliphatic heterocycles. The Balaban J connectivity index is 2.54. The first-order chi connectivity index (χ1) is 9.99. The molecule has 0 atom stereocenters. The van der Waals surface area contributed by atoms with Crippen LogP contribution < -0.4 is 5.73 Å². The summed E-state index contributed by atoms with van der Waals surface area (Å²) < 4.78 is 0.677. The van der Waals surface area contributed by atoms with Crippen LogP contribution in [0.15, 0.2) is 24.3 Å². The third kappa shape index (κ3) is 2.27. The van der Waals surface area contributed by atoms with Gasteiger partial charge in [-0.2, -0.15) is 20.3 Å². The average Bonchev–Trinajstić information content (AvgIpc) is 2.82. The van der Waals surface area contributed by atoms with E-state index in [1.807, 2.05) is 0 Å². The quantitative estimate of drug-likeness (QED) is 0.631. The molecule has 0 aliphatic carbocycles. The minimum Gasteiger partial charge on any atom is -0.382 e. The van der Waals surface area contributed by atoms with Gasteiger partial charge in [0.05, 0.1) is 4.92 Å². The van der Waals surface area contributed by atoms with E-state index in [0.29, 0.717) is 4.68 Å². The smallest absolute Gasteiger partial charge is 0.280 e. The van der Waals surface area contributed by atoms with Gasteiger partial charge in [0, 0.05) is 17.7 Å². The summed E-state index contributed by atoms with van der Waals surface area (Å²) in [6.45, 7) is 0. The van der Waals surface area contributed by atoms with E-state index >= 15 is 0 Å². The number of benzene rings is 1. The van der Waals surface area contributed by atoms with Gasteiger partial charge in [0.25, 0.3) is 11.6 Å². The van der Waals surface area contributed by atoms with E-state index < -0.39 is 10.8 Å². The van der Waals surface area contributed by atoms with Crippen molar-refractivity contribution in [3.63, 3.8) is 0 Å². The van der Waals surface area contributed by atoms with Gasteiger partial charge in [0.1, 0.15) is 23.5 Å². The van der Waals surface area contributed by atoms with Gasteiger partial charge < -0.3 is 5.73 Å². The minimum absolute atomic E-state index is 0.0348. The zero-order valence-corrected chi connectivity index (χ0v) is 10.3. The fourth-order valence-corrected chi connectivity index (χ4v) is 1.65. The lowest BCUT2D eigenvalue weighted by atomic mass is 10.2. The van der Waals surface area contributed by atoms with Crippen molar-refractivity contribution in [2.75, 3.05) is 5.73 Å². The first-order valence-electron chi connectivity index (χ1n) is 5.47. The molecule has 0 aliphatic rings. The number of hydrogen-bond acceptors (Lipinski definition) is 7. The van der Waals surface area contributed by atoms with Crippen LogP contribution in [-0.2, 0) is 0 Å². The summed E-state index contributed by atoms with van der Waals surface area (Å²) in [5.74, 6) is -1.06. The number of nitro benzene ring substituents is 1. The molecule has 9 heteroatoms. The number of carbonyl (C=O) groups excluding carboxylic acids is 1. The number of nitro groups is 1. The third-order valence-electron chi connectivity index (χ3n) is 2.64. The number of nitrogen functional groups attached to an aromatic ring is 1. The Morgan fingerprint density at radius 3 is 2.62 bits per heavy atom. The number of non-ortho nitro benzene ring substituents is 1. The largest absolute Gasteiger partial charge is 0.382 e. The summed E-state index contributed by atoms with van der Waals surface area (Å²) in [6, 6.07) is 8.29. The standard InChI is InChI=1S/C12H6N6O3/c13-5-9-10(6-14)16-17(11(9)15)12(19)7-2-1-3-8(4-7)18(20)21/h1-4H,15H2. The van der Waals surface area contributed by atoms with Crippen molar-refractivity contribution in [2.24, 2.45) is 0 Å². The SMILES string of the molecule is N#Cc1nn(C(=O)c2cccc([N+](=O)[O-])c2)c(N)c1C#N. The Labute approximate surface area is 117 Å². The summed E-state index contributed by atoms with van der Waals surface area (Å²) >= 11 is 0. The highest BCUT2D eigenvalue weighted by atomic mass is 16.6. The van der Waals surface area contributed by atoms with Crippen LogP contribution in [0.4, 0.5) is 11.5 Å². The molecule has 0 unspecified atom stereocenters. The number of anilines is 1. The van der Waals surface area contributed by atoms with E-state index in [4.69, 9.17) is 16.3 Å². The number of nitrogens with two attached hydrogens (primary N) is 1.